The maximum absolute atomic E-state index is 13.1. The fourth-order valence-electron chi connectivity index (χ4n) is 3.11. The molecule has 0 saturated heterocycles. The van der Waals surface area contributed by atoms with Crippen molar-refractivity contribution in [2.75, 3.05) is 5.73 Å². The summed E-state index contributed by atoms with van der Waals surface area (Å²) >= 11 is 0. The second-order valence-electron chi connectivity index (χ2n) is 6.00. The first-order chi connectivity index (χ1) is 11.3. The van der Waals surface area contributed by atoms with Crippen LogP contribution in [0.3, 0.4) is 0 Å². The van der Waals surface area contributed by atoms with Crippen molar-refractivity contribution in [3.8, 4) is 11.1 Å². The predicted octanol–water partition coefficient (Wildman–Crippen LogP) is 5.98. The average Bonchev–Trinajstić information content (AvgIpc) is 2.52. The molecular weight excluding hydrogens is 311 g/mol. The van der Waals surface area contributed by atoms with Gasteiger partial charge in [0.25, 0.3) is 0 Å². The number of hydrogen-bond donors (Lipinski definition) is 1. The van der Waals surface area contributed by atoms with Gasteiger partial charge in [-0.05, 0) is 70.6 Å². The zero-order valence-electron chi connectivity index (χ0n) is 13.5. The Balaban J connectivity index is 2.14. The van der Waals surface area contributed by atoms with Gasteiger partial charge in [0.2, 0.25) is 0 Å². The van der Waals surface area contributed by atoms with Gasteiger partial charge < -0.3 is 5.73 Å². The third-order valence-corrected chi connectivity index (χ3v) is 4.31. The van der Waals surface area contributed by atoms with Crippen molar-refractivity contribution in [3.05, 3.63) is 65.2 Å². The minimum absolute atomic E-state index is 0.309. The summed E-state index contributed by atoms with van der Waals surface area (Å²) in [7, 11) is 0. The number of fused-ring (bicyclic) bond motifs is 1. The molecule has 124 valence electrons. The molecule has 0 aliphatic carbocycles. The number of rotatable bonds is 2. The molecule has 2 N–H and O–H groups in total. The van der Waals surface area contributed by atoms with Crippen molar-refractivity contribution in [1.82, 2.24) is 0 Å². The van der Waals surface area contributed by atoms with Gasteiger partial charge in [0.1, 0.15) is 0 Å². The molecule has 3 aromatic carbocycles. The molecule has 0 bridgehead atoms. The molecular formula is C20H18F3N. The predicted molar refractivity (Wildman–Crippen MR) is 92.9 cm³/mol. The molecule has 0 saturated carbocycles. The molecule has 0 heterocycles. The number of benzene rings is 3. The van der Waals surface area contributed by atoms with Crippen LogP contribution >= 0.6 is 0 Å². The lowest BCUT2D eigenvalue weighted by atomic mass is 9.95. The molecule has 0 spiro atoms. The first kappa shape index (κ1) is 16.4. The normalized spacial score (nSPS) is 11.9. The molecule has 1 nitrogen and oxygen atoms in total. The highest BCUT2D eigenvalue weighted by atomic mass is 19.4. The lowest BCUT2D eigenvalue weighted by Gasteiger charge is -2.14. The molecule has 0 amide bonds. The van der Waals surface area contributed by atoms with E-state index in [1.807, 2.05) is 37.3 Å². The van der Waals surface area contributed by atoms with Crippen LogP contribution in [0.15, 0.2) is 48.5 Å². The van der Waals surface area contributed by atoms with Crippen molar-refractivity contribution in [2.45, 2.75) is 26.4 Å². The number of nitrogen functional groups attached to an aromatic ring is 1. The van der Waals surface area contributed by atoms with Crippen LogP contribution in [0, 0.1) is 6.92 Å². The SMILES string of the molecule is CCc1cc(-c2ccc3c(C)cc(N)cc3c2)ccc1C(F)(F)F. The first-order valence-electron chi connectivity index (χ1n) is 7.80. The lowest BCUT2D eigenvalue weighted by Crippen LogP contribution is -2.08. The van der Waals surface area contributed by atoms with E-state index in [1.165, 1.54) is 12.1 Å². The molecule has 0 aliphatic heterocycles. The van der Waals surface area contributed by atoms with E-state index in [0.29, 0.717) is 17.7 Å². The third kappa shape index (κ3) is 2.96. The second kappa shape index (κ2) is 5.86. The van der Waals surface area contributed by atoms with E-state index < -0.39 is 11.7 Å². The summed E-state index contributed by atoms with van der Waals surface area (Å²) in [5, 5.41) is 2.08. The quantitative estimate of drug-likeness (QED) is 0.575. The van der Waals surface area contributed by atoms with Crippen LogP contribution in [0.2, 0.25) is 0 Å². The van der Waals surface area contributed by atoms with Crippen molar-refractivity contribution in [1.29, 1.82) is 0 Å². The molecule has 3 aromatic rings. The molecule has 0 aromatic heterocycles. The Hall–Kier alpha value is -2.49. The topological polar surface area (TPSA) is 26.0 Å². The number of halogens is 3. The van der Waals surface area contributed by atoms with E-state index in [0.717, 1.165) is 27.5 Å². The van der Waals surface area contributed by atoms with Gasteiger partial charge in [-0.3, -0.25) is 0 Å². The third-order valence-electron chi connectivity index (χ3n) is 4.31. The monoisotopic (exact) mass is 329 g/mol. The largest absolute Gasteiger partial charge is 0.416 e. The Kier molecular flexibility index (Phi) is 3.99. The van der Waals surface area contributed by atoms with Gasteiger partial charge in [0, 0.05) is 5.69 Å². The standard InChI is InChI=1S/C20H18F3N/c1-3-13-9-15(5-7-19(13)20(21,22)23)14-4-6-18-12(2)8-17(24)11-16(18)10-14/h4-11H,3,24H2,1-2H3. The summed E-state index contributed by atoms with van der Waals surface area (Å²) in [6.45, 7) is 3.73. The van der Waals surface area contributed by atoms with Crippen LogP contribution in [0.1, 0.15) is 23.6 Å². The van der Waals surface area contributed by atoms with Crippen LogP contribution in [0.25, 0.3) is 21.9 Å². The minimum atomic E-state index is -4.32. The zero-order valence-corrected chi connectivity index (χ0v) is 13.5. The Morgan fingerprint density at radius 1 is 0.917 bits per heavy atom. The van der Waals surface area contributed by atoms with Crippen LogP contribution in [0.4, 0.5) is 18.9 Å². The maximum Gasteiger partial charge on any atom is 0.416 e. The number of anilines is 1. The molecule has 24 heavy (non-hydrogen) atoms. The van der Waals surface area contributed by atoms with Crippen molar-refractivity contribution in [2.24, 2.45) is 0 Å². The van der Waals surface area contributed by atoms with E-state index in [2.05, 4.69) is 0 Å². The van der Waals surface area contributed by atoms with Gasteiger partial charge in [-0.15, -0.1) is 0 Å². The highest BCUT2D eigenvalue weighted by Gasteiger charge is 2.32. The Bertz CT molecular complexity index is 911. The summed E-state index contributed by atoms with van der Waals surface area (Å²) in [5.41, 5.74) is 9.08. The van der Waals surface area contributed by atoms with Gasteiger partial charge in [-0.1, -0.05) is 31.2 Å². The van der Waals surface area contributed by atoms with Gasteiger partial charge in [0.15, 0.2) is 0 Å². The van der Waals surface area contributed by atoms with E-state index in [-0.39, 0.29) is 0 Å². The molecule has 3 rings (SSSR count). The highest BCUT2D eigenvalue weighted by Crippen LogP contribution is 2.35. The number of hydrogen-bond acceptors (Lipinski definition) is 1. The van der Waals surface area contributed by atoms with Gasteiger partial charge in [-0.2, -0.15) is 13.2 Å². The summed E-state index contributed by atoms with van der Waals surface area (Å²) in [4.78, 5) is 0. The number of nitrogens with two attached hydrogens (primary N) is 1. The molecule has 4 heteroatoms. The number of aryl methyl sites for hydroxylation is 2. The number of alkyl halides is 3. The van der Waals surface area contributed by atoms with E-state index in [1.54, 1.807) is 13.0 Å². The molecule has 0 fully saturated rings. The summed E-state index contributed by atoms with van der Waals surface area (Å²) < 4.78 is 39.2. The molecule has 0 radical (unpaired) electrons. The average molecular weight is 329 g/mol. The Morgan fingerprint density at radius 2 is 1.58 bits per heavy atom. The van der Waals surface area contributed by atoms with Crippen LogP contribution < -0.4 is 5.73 Å². The van der Waals surface area contributed by atoms with Gasteiger partial charge in [0.05, 0.1) is 5.56 Å². The van der Waals surface area contributed by atoms with E-state index in [4.69, 9.17) is 5.73 Å². The van der Waals surface area contributed by atoms with Gasteiger partial charge >= 0.3 is 6.18 Å². The smallest absolute Gasteiger partial charge is 0.399 e. The van der Waals surface area contributed by atoms with E-state index in [9.17, 15) is 13.2 Å². The van der Waals surface area contributed by atoms with Gasteiger partial charge in [-0.25, -0.2) is 0 Å². The first-order valence-corrected chi connectivity index (χ1v) is 7.80. The Labute approximate surface area is 138 Å². The van der Waals surface area contributed by atoms with Crippen molar-refractivity contribution < 1.29 is 13.2 Å². The van der Waals surface area contributed by atoms with Crippen molar-refractivity contribution >= 4 is 16.5 Å². The summed E-state index contributed by atoms with van der Waals surface area (Å²) in [5.74, 6) is 0. The van der Waals surface area contributed by atoms with Crippen LogP contribution in [-0.2, 0) is 12.6 Å². The van der Waals surface area contributed by atoms with Crippen LogP contribution in [-0.4, -0.2) is 0 Å². The van der Waals surface area contributed by atoms with Crippen molar-refractivity contribution in [3.63, 3.8) is 0 Å². The Morgan fingerprint density at radius 3 is 2.25 bits per heavy atom. The summed E-state index contributed by atoms with van der Waals surface area (Å²) in [6, 6.07) is 14.0. The molecule has 0 unspecified atom stereocenters. The zero-order chi connectivity index (χ0) is 17.5. The molecule has 0 atom stereocenters. The molecule has 0 aliphatic rings. The fourth-order valence-corrected chi connectivity index (χ4v) is 3.11. The fraction of sp³-hybridized carbons (Fsp3) is 0.200. The lowest BCUT2D eigenvalue weighted by molar-refractivity contribution is -0.138. The summed E-state index contributed by atoms with van der Waals surface area (Å²) in [6.07, 6.45) is -3.98. The van der Waals surface area contributed by atoms with Crippen LogP contribution in [0.5, 0.6) is 0 Å². The second-order valence-corrected chi connectivity index (χ2v) is 6.00. The maximum atomic E-state index is 13.1. The minimum Gasteiger partial charge on any atom is -0.399 e. The highest BCUT2D eigenvalue weighted by molar-refractivity contribution is 5.92. The van der Waals surface area contributed by atoms with E-state index >= 15 is 0 Å².